The topological polar surface area (TPSA) is 54.5 Å². The van der Waals surface area contributed by atoms with Crippen molar-refractivity contribution in [3.05, 3.63) is 28.5 Å². The van der Waals surface area contributed by atoms with Gasteiger partial charge < -0.3 is 0 Å². The molecule has 18 heavy (non-hydrogen) atoms. The number of carbonyl (C=O) groups is 1. The monoisotopic (exact) mass is 335 g/mol. The Morgan fingerprint density at radius 1 is 1.44 bits per heavy atom. The molecule has 1 aromatic rings. The van der Waals surface area contributed by atoms with E-state index in [1.165, 1.54) is 6.07 Å². The minimum absolute atomic E-state index is 0.0363. The SMILES string of the molecule is CC1CC(=O)N(S(=O)(=O)c2ccc(Br)cc2F)C1. The lowest BCUT2D eigenvalue weighted by Crippen LogP contribution is -2.32. The molecule has 1 aliphatic rings. The van der Waals surface area contributed by atoms with Crippen molar-refractivity contribution in [3.63, 3.8) is 0 Å². The second-order valence-electron chi connectivity index (χ2n) is 4.31. The first-order valence-corrected chi connectivity index (χ1v) is 7.56. The van der Waals surface area contributed by atoms with E-state index in [2.05, 4.69) is 15.9 Å². The average Bonchev–Trinajstić information content (AvgIpc) is 2.57. The molecule has 4 nitrogen and oxygen atoms in total. The summed E-state index contributed by atoms with van der Waals surface area (Å²) >= 11 is 3.05. The van der Waals surface area contributed by atoms with Gasteiger partial charge in [-0.25, -0.2) is 17.1 Å². The molecule has 1 atom stereocenters. The van der Waals surface area contributed by atoms with Crippen LogP contribution in [0.2, 0.25) is 0 Å². The highest BCUT2D eigenvalue weighted by atomic mass is 79.9. The van der Waals surface area contributed by atoms with E-state index >= 15 is 0 Å². The van der Waals surface area contributed by atoms with E-state index in [0.29, 0.717) is 4.47 Å². The molecule has 1 fully saturated rings. The van der Waals surface area contributed by atoms with Crippen LogP contribution in [0.5, 0.6) is 0 Å². The predicted octanol–water partition coefficient (Wildman–Crippen LogP) is 2.15. The Morgan fingerprint density at radius 2 is 2.11 bits per heavy atom. The third kappa shape index (κ3) is 2.29. The van der Waals surface area contributed by atoms with Crippen LogP contribution in [0.25, 0.3) is 0 Å². The summed E-state index contributed by atoms with van der Waals surface area (Å²) in [5.41, 5.74) is 0. The zero-order chi connectivity index (χ0) is 13.5. The van der Waals surface area contributed by atoms with Gasteiger partial charge >= 0.3 is 0 Å². The molecule has 1 heterocycles. The highest BCUT2D eigenvalue weighted by Crippen LogP contribution is 2.27. The summed E-state index contributed by atoms with van der Waals surface area (Å²) in [6, 6.07) is 3.65. The van der Waals surface area contributed by atoms with Crippen LogP contribution in [0.1, 0.15) is 13.3 Å². The van der Waals surface area contributed by atoms with Gasteiger partial charge in [-0.1, -0.05) is 22.9 Å². The maximum absolute atomic E-state index is 13.7. The van der Waals surface area contributed by atoms with E-state index in [-0.39, 0.29) is 18.9 Å². The van der Waals surface area contributed by atoms with Crippen LogP contribution < -0.4 is 0 Å². The Bertz CT molecular complexity index is 602. The Hall–Kier alpha value is -0.950. The summed E-state index contributed by atoms with van der Waals surface area (Å²) in [5.74, 6) is -1.38. The number of amides is 1. The normalized spacial score (nSPS) is 20.5. The summed E-state index contributed by atoms with van der Waals surface area (Å²) < 4.78 is 39.2. The van der Waals surface area contributed by atoms with E-state index in [1.54, 1.807) is 6.92 Å². The third-order valence-corrected chi connectivity index (χ3v) is 5.05. The predicted molar refractivity (Wildman–Crippen MR) is 66.8 cm³/mol. The molecule has 0 saturated carbocycles. The van der Waals surface area contributed by atoms with E-state index in [1.807, 2.05) is 0 Å². The number of rotatable bonds is 2. The molecule has 0 aliphatic carbocycles. The lowest BCUT2D eigenvalue weighted by atomic mass is 10.2. The van der Waals surface area contributed by atoms with Crippen LogP contribution in [-0.4, -0.2) is 25.2 Å². The van der Waals surface area contributed by atoms with Crippen molar-refractivity contribution in [1.29, 1.82) is 0 Å². The molecular formula is C11H11BrFNO3S. The van der Waals surface area contributed by atoms with E-state index in [9.17, 15) is 17.6 Å². The molecule has 0 spiro atoms. The van der Waals surface area contributed by atoms with Crippen LogP contribution in [0.3, 0.4) is 0 Å². The van der Waals surface area contributed by atoms with Crippen molar-refractivity contribution in [2.75, 3.05) is 6.54 Å². The Morgan fingerprint density at radius 3 is 2.61 bits per heavy atom. The molecule has 1 aromatic carbocycles. The molecule has 2 rings (SSSR count). The molecule has 1 amide bonds. The van der Waals surface area contributed by atoms with Crippen molar-refractivity contribution < 1.29 is 17.6 Å². The zero-order valence-corrected chi connectivity index (χ0v) is 12.0. The van der Waals surface area contributed by atoms with Crippen LogP contribution in [0, 0.1) is 11.7 Å². The number of hydrogen-bond acceptors (Lipinski definition) is 3. The lowest BCUT2D eigenvalue weighted by Gasteiger charge is -2.17. The Kier molecular flexibility index (Phi) is 3.46. The number of carbonyl (C=O) groups excluding carboxylic acids is 1. The second-order valence-corrected chi connectivity index (χ2v) is 7.06. The van der Waals surface area contributed by atoms with Crippen molar-refractivity contribution in [3.8, 4) is 0 Å². The summed E-state index contributed by atoms with van der Waals surface area (Å²) in [5, 5.41) is 0. The molecule has 1 aliphatic heterocycles. The summed E-state index contributed by atoms with van der Waals surface area (Å²) in [4.78, 5) is 11.1. The molecular weight excluding hydrogens is 325 g/mol. The standard InChI is InChI=1S/C11H11BrFNO3S/c1-7-4-11(15)14(6-7)18(16,17)10-3-2-8(12)5-9(10)13/h2-3,5,7H,4,6H2,1H3. The molecule has 0 N–H and O–H groups in total. The van der Waals surface area contributed by atoms with Gasteiger partial charge in [0, 0.05) is 17.4 Å². The van der Waals surface area contributed by atoms with Gasteiger partial charge in [-0.15, -0.1) is 0 Å². The largest absolute Gasteiger partial charge is 0.274 e. The molecule has 7 heteroatoms. The summed E-state index contributed by atoms with van der Waals surface area (Å²) in [6.45, 7) is 1.89. The lowest BCUT2D eigenvalue weighted by molar-refractivity contribution is -0.123. The van der Waals surface area contributed by atoms with Crippen LogP contribution >= 0.6 is 15.9 Å². The van der Waals surface area contributed by atoms with Gasteiger partial charge in [-0.05, 0) is 24.1 Å². The van der Waals surface area contributed by atoms with Gasteiger partial charge in [0.2, 0.25) is 5.91 Å². The molecule has 1 saturated heterocycles. The van der Waals surface area contributed by atoms with Gasteiger partial charge in [0.25, 0.3) is 10.0 Å². The third-order valence-electron chi connectivity index (χ3n) is 2.74. The van der Waals surface area contributed by atoms with Crippen molar-refractivity contribution >= 4 is 31.9 Å². The molecule has 98 valence electrons. The van der Waals surface area contributed by atoms with Crippen molar-refractivity contribution in [2.45, 2.75) is 18.2 Å². The van der Waals surface area contributed by atoms with Gasteiger partial charge in [-0.2, -0.15) is 0 Å². The maximum Gasteiger partial charge on any atom is 0.269 e. The van der Waals surface area contributed by atoms with Gasteiger partial charge in [-0.3, -0.25) is 4.79 Å². The van der Waals surface area contributed by atoms with E-state index < -0.39 is 26.6 Å². The van der Waals surface area contributed by atoms with Gasteiger partial charge in [0.15, 0.2) is 0 Å². The molecule has 0 radical (unpaired) electrons. The number of sulfonamides is 1. The highest BCUT2D eigenvalue weighted by Gasteiger charge is 2.37. The van der Waals surface area contributed by atoms with Crippen LogP contribution in [-0.2, 0) is 14.8 Å². The fourth-order valence-electron chi connectivity index (χ4n) is 1.88. The minimum atomic E-state index is -4.08. The van der Waals surface area contributed by atoms with Crippen LogP contribution in [0.4, 0.5) is 4.39 Å². The minimum Gasteiger partial charge on any atom is -0.274 e. The molecule has 0 aromatic heterocycles. The average molecular weight is 336 g/mol. The first-order valence-electron chi connectivity index (χ1n) is 5.33. The van der Waals surface area contributed by atoms with Crippen LogP contribution in [0.15, 0.2) is 27.6 Å². The van der Waals surface area contributed by atoms with Crippen molar-refractivity contribution in [2.24, 2.45) is 5.92 Å². The summed E-state index contributed by atoms with van der Waals surface area (Å²) in [7, 11) is -4.08. The highest BCUT2D eigenvalue weighted by molar-refractivity contribution is 9.10. The smallest absolute Gasteiger partial charge is 0.269 e. The number of halogens is 2. The van der Waals surface area contributed by atoms with E-state index in [4.69, 9.17) is 0 Å². The fourth-order valence-corrected chi connectivity index (χ4v) is 3.79. The Labute approximate surface area is 113 Å². The van der Waals surface area contributed by atoms with E-state index in [0.717, 1.165) is 16.4 Å². The van der Waals surface area contributed by atoms with Gasteiger partial charge in [0.05, 0.1) is 0 Å². The number of benzene rings is 1. The maximum atomic E-state index is 13.7. The first-order chi connectivity index (χ1) is 8.32. The Balaban J connectivity index is 2.46. The molecule has 0 bridgehead atoms. The second kappa shape index (κ2) is 4.62. The molecule has 1 unspecified atom stereocenters. The van der Waals surface area contributed by atoms with Crippen molar-refractivity contribution in [1.82, 2.24) is 4.31 Å². The number of hydrogen-bond donors (Lipinski definition) is 0. The quantitative estimate of drug-likeness (QED) is 0.832. The number of nitrogens with zero attached hydrogens (tertiary/aromatic N) is 1. The van der Waals surface area contributed by atoms with Gasteiger partial charge in [0.1, 0.15) is 10.7 Å². The first kappa shape index (κ1) is 13.5. The zero-order valence-electron chi connectivity index (χ0n) is 9.56. The fraction of sp³-hybridized carbons (Fsp3) is 0.364. The summed E-state index contributed by atoms with van der Waals surface area (Å²) in [6.07, 6.45) is 0.178.